The maximum Gasteiger partial charge on any atom is 0.410 e. The molecule has 4 heterocycles. The second-order valence-electron chi connectivity index (χ2n) is 12.0. The highest BCUT2D eigenvalue weighted by atomic mass is 35.5. The monoisotopic (exact) mass is 616 g/mol. The number of anilines is 1. The van der Waals surface area contributed by atoms with Crippen LogP contribution in [0.3, 0.4) is 0 Å². The van der Waals surface area contributed by atoms with Gasteiger partial charge >= 0.3 is 6.09 Å². The Balaban J connectivity index is 1.23. The summed E-state index contributed by atoms with van der Waals surface area (Å²) in [5, 5.41) is 3.31. The summed E-state index contributed by atoms with van der Waals surface area (Å²) in [6.07, 6.45) is 0.943. The maximum atomic E-state index is 13.5. The summed E-state index contributed by atoms with van der Waals surface area (Å²) in [5.74, 6) is 0.998. The highest BCUT2D eigenvalue weighted by Gasteiger charge is 2.31. The Hall–Kier alpha value is -4.64. The largest absolute Gasteiger partial charge is 0.444 e. The van der Waals surface area contributed by atoms with E-state index in [-0.39, 0.29) is 12.4 Å². The molecule has 0 saturated heterocycles. The van der Waals surface area contributed by atoms with E-state index >= 15 is 0 Å². The van der Waals surface area contributed by atoms with E-state index in [0.29, 0.717) is 54.1 Å². The molecule has 11 nitrogen and oxygen atoms in total. The van der Waals surface area contributed by atoms with Gasteiger partial charge in [-0.25, -0.2) is 14.8 Å². The molecular formula is C32H33ClN6O5. The molecule has 0 radical (unpaired) electrons. The number of amides is 3. The molecular weight excluding hydrogens is 584 g/mol. The van der Waals surface area contributed by atoms with Gasteiger partial charge in [0.15, 0.2) is 5.82 Å². The van der Waals surface area contributed by atoms with E-state index in [4.69, 9.17) is 20.8 Å². The average molecular weight is 617 g/mol. The molecule has 0 unspecified atom stereocenters. The molecule has 2 aliphatic heterocycles. The van der Waals surface area contributed by atoms with Gasteiger partial charge in [-0.1, -0.05) is 35.9 Å². The van der Waals surface area contributed by atoms with Crippen molar-refractivity contribution in [2.24, 2.45) is 7.05 Å². The summed E-state index contributed by atoms with van der Waals surface area (Å²) in [6, 6.07) is 11.3. The first kappa shape index (κ1) is 29.4. The summed E-state index contributed by atoms with van der Waals surface area (Å²) in [4.78, 5) is 49.6. The molecule has 2 aliphatic rings. The topological polar surface area (TPSA) is 123 Å². The number of hydrogen-bond donors (Lipinski definition) is 1. The second-order valence-corrected chi connectivity index (χ2v) is 12.4. The molecule has 4 aromatic rings. The van der Waals surface area contributed by atoms with Gasteiger partial charge in [-0.2, -0.15) is 0 Å². The van der Waals surface area contributed by atoms with Gasteiger partial charge in [0.2, 0.25) is 12.3 Å². The summed E-state index contributed by atoms with van der Waals surface area (Å²) in [5.41, 5.74) is 5.50. The van der Waals surface area contributed by atoms with Crippen LogP contribution >= 0.6 is 11.6 Å². The van der Waals surface area contributed by atoms with Crippen molar-refractivity contribution in [2.75, 3.05) is 11.9 Å². The van der Waals surface area contributed by atoms with Gasteiger partial charge < -0.3 is 28.8 Å². The molecule has 0 spiro atoms. The first-order valence-electron chi connectivity index (χ1n) is 14.3. The number of aromatic nitrogens is 3. The summed E-state index contributed by atoms with van der Waals surface area (Å²) < 4.78 is 13.3. The van der Waals surface area contributed by atoms with Crippen LogP contribution < -0.4 is 5.32 Å². The van der Waals surface area contributed by atoms with Gasteiger partial charge in [-0.3, -0.25) is 9.59 Å². The number of hydrogen-bond acceptors (Lipinski definition) is 7. The third kappa shape index (κ3) is 5.43. The van der Waals surface area contributed by atoms with E-state index in [9.17, 15) is 14.4 Å². The van der Waals surface area contributed by atoms with Crippen molar-refractivity contribution in [3.63, 3.8) is 0 Å². The van der Waals surface area contributed by atoms with Crippen LogP contribution in [0.1, 0.15) is 59.8 Å². The fraction of sp³-hybridized carbons (Fsp3) is 0.344. The molecule has 2 aromatic heterocycles. The molecule has 0 atom stereocenters. The van der Waals surface area contributed by atoms with Gasteiger partial charge in [0, 0.05) is 36.8 Å². The van der Waals surface area contributed by atoms with Crippen molar-refractivity contribution in [3.05, 3.63) is 75.7 Å². The number of nitrogens with one attached hydrogen (secondary N) is 1. The van der Waals surface area contributed by atoms with Crippen LogP contribution in [0.15, 0.2) is 40.8 Å². The number of carbonyl (C=O) groups excluding carboxylic acids is 3. The SMILES string of the molecule is Cc1c(-c2nc3c(o2)CN(C=O)C3)cccc1-c1cccc(NC(=O)c2nc3c(n2C)CCN(C(=O)OC(C)(C)C)C3)c1Cl. The normalized spacial score (nSPS) is 14.3. The summed E-state index contributed by atoms with van der Waals surface area (Å²) in [7, 11) is 1.80. The van der Waals surface area contributed by atoms with Gasteiger partial charge in [-0.05, 0) is 51.0 Å². The number of carbonyl (C=O) groups is 3. The van der Waals surface area contributed by atoms with Crippen molar-refractivity contribution in [1.29, 1.82) is 0 Å². The highest BCUT2D eigenvalue weighted by Crippen LogP contribution is 2.39. The van der Waals surface area contributed by atoms with E-state index in [1.165, 1.54) is 0 Å². The number of halogens is 1. The maximum absolute atomic E-state index is 13.5. The number of ether oxygens (including phenoxy) is 1. The highest BCUT2D eigenvalue weighted by molar-refractivity contribution is 6.36. The number of benzene rings is 2. The van der Waals surface area contributed by atoms with Crippen LogP contribution in [0.25, 0.3) is 22.6 Å². The smallest absolute Gasteiger partial charge is 0.410 e. The lowest BCUT2D eigenvalue weighted by atomic mass is 9.96. The van der Waals surface area contributed by atoms with Crippen LogP contribution in [0, 0.1) is 6.92 Å². The molecule has 6 rings (SSSR count). The Morgan fingerprint density at radius 1 is 1.02 bits per heavy atom. The molecule has 12 heteroatoms. The van der Waals surface area contributed by atoms with Gasteiger partial charge in [0.25, 0.3) is 5.91 Å². The molecule has 3 amide bonds. The van der Waals surface area contributed by atoms with Crippen molar-refractivity contribution in [2.45, 2.75) is 59.4 Å². The van der Waals surface area contributed by atoms with E-state index in [1.54, 1.807) is 27.5 Å². The predicted octanol–water partition coefficient (Wildman–Crippen LogP) is 5.72. The zero-order valence-electron chi connectivity index (χ0n) is 25.2. The fourth-order valence-electron chi connectivity index (χ4n) is 5.64. The Kier molecular flexibility index (Phi) is 7.44. The van der Waals surface area contributed by atoms with E-state index in [1.807, 2.05) is 58.0 Å². The lowest BCUT2D eigenvalue weighted by Crippen LogP contribution is -2.40. The Bertz CT molecular complexity index is 1780. The van der Waals surface area contributed by atoms with Crippen LogP contribution in [0.4, 0.5) is 10.5 Å². The molecule has 44 heavy (non-hydrogen) atoms. The van der Waals surface area contributed by atoms with E-state index in [2.05, 4.69) is 15.3 Å². The number of nitrogens with zero attached hydrogens (tertiary/aromatic N) is 5. The van der Waals surface area contributed by atoms with Gasteiger partial charge in [0.05, 0.1) is 36.0 Å². The fourth-order valence-corrected chi connectivity index (χ4v) is 5.92. The lowest BCUT2D eigenvalue weighted by Gasteiger charge is -2.29. The molecule has 1 N–H and O–H groups in total. The minimum Gasteiger partial charge on any atom is -0.444 e. The Labute approximate surface area is 259 Å². The summed E-state index contributed by atoms with van der Waals surface area (Å²) in [6.45, 7) is 9.02. The van der Waals surface area contributed by atoms with Crippen LogP contribution in [-0.2, 0) is 42.6 Å². The number of rotatable bonds is 5. The number of oxazole rings is 1. The van der Waals surface area contributed by atoms with Crippen LogP contribution in [-0.4, -0.2) is 54.9 Å². The molecule has 2 aromatic carbocycles. The van der Waals surface area contributed by atoms with Crippen molar-refractivity contribution >= 4 is 35.7 Å². The number of imidazole rings is 1. The van der Waals surface area contributed by atoms with Gasteiger partial charge in [-0.15, -0.1) is 0 Å². The van der Waals surface area contributed by atoms with Gasteiger partial charge in [0.1, 0.15) is 17.1 Å². The molecule has 228 valence electrons. The predicted molar refractivity (Wildman–Crippen MR) is 164 cm³/mol. The van der Waals surface area contributed by atoms with E-state index < -0.39 is 17.6 Å². The van der Waals surface area contributed by atoms with Crippen molar-refractivity contribution in [1.82, 2.24) is 24.3 Å². The Morgan fingerprint density at radius 3 is 2.48 bits per heavy atom. The third-order valence-corrected chi connectivity index (χ3v) is 8.25. The molecule has 0 bridgehead atoms. The second kappa shape index (κ2) is 11.1. The summed E-state index contributed by atoms with van der Waals surface area (Å²) >= 11 is 6.91. The molecule has 0 aliphatic carbocycles. The van der Waals surface area contributed by atoms with Crippen molar-refractivity contribution in [3.8, 4) is 22.6 Å². The minimum atomic E-state index is -0.601. The standard InChI is InChI=1S/C32H33ClN6O5/c1-18-19(8-6-9-20(18)30-36-24-14-38(17-40)16-26(24)43-30)21-10-7-11-22(27(21)33)35-29(41)28-34-23-15-39(13-12-25(23)37(28)5)31(42)44-32(2,3)4/h6-11,17H,12-16H2,1-5H3,(H,35,41). The third-order valence-electron chi connectivity index (χ3n) is 7.84. The number of fused-ring (bicyclic) bond motifs is 2. The van der Waals surface area contributed by atoms with E-state index in [0.717, 1.165) is 40.1 Å². The quantitative estimate of drug-likeness (QED) is 0.284. The zero-order valence-corrected chi connectivity index (χ0v) is 26.0. The molecule has 0 saturated carbocycles. The lowest BCUT2D eigenvalue weighted by molar-refractivity contribution is -0.118. The Morgan fingerprint density at radius 2 is 1.75 bits per heavy atom. The van der Waals surface area contributed by atoms with Crippen LogP contribution in [0.2, 0.25) is 5.02 Å². The minimum absolute atomic E-state index is 0.228. The first-order chi connectivity index (χ1) is 20.9. The van der Waals surface area contributed by atoms with Crippen molar-refractivity contribution < 1.29 is 23.5 Å². The first-order valence-corrected chi connectivity index (χ1v) is 14.7. The average Bonchev–Trinajstić information content (AvgIpc) is 3.65. The zero-order chi connectivity index (χ0) is 31.3. The van der Waals surface area contributed by atoms with Crippen LogP contribution in [0.5, 0.6) is 0 Å². The molecule has 0 fully saturated rings.